The first-order chi connectivity index (χ1) is 5.73. The van der Waals surface area contributed by atoms with Crippen LogP contribution in [0.2, 0.25) is 0 Å². The second-order valence-electron chi connectivity index (χ2n) is 4.10. The first-order valence-electron chi connectivity index (χ1n) is 4.18. The van der Waals surface area contributed by atoms with E-state index >= 15 is 0 Å². The first kappa shape index (κ1) is 11.7. The van der Waals surface area contributed by atoms with Gasteiger partial charge in [-0.05, 0) is 12.3 Å². The molecule has 0 bridgehead atoms. The van der Waals surface area contributed by atoms with Crippen LogP contribution in [0.5, 0.6) is 0 Å². The van der Waals surface area contributed by atoms with Gasteiger partial charge in [0, 0.05) is 0 Å². The molecule has 1 atom stereocenters. The molecule has 0 aromatic rings. The van der Waals surface area contributed by atoms with Crippen LogP contribution in [0, 0.1) is 10.8 Å². The van der Waals surface area contributed by atoms with Crippen molar-refractivity contribution in [2.24, 2.45) is 21.9 Å². The molecule has 76 valence electrons. The Bertz CT molecular complexity index is 213. The van der Waals surface area contributed by atoms with Gasteiger partial charge in [-0.15, -0.1) is 0 Å². The van der Waals surface area contributed by atoms with Crippen LogP contribution in [0.1, 0.15) is 27.7 Å². The van der Waals surface area contributed by atoms with Crippen molar-refractivity contribution in [1.82, 2.24) is 5.32 Å². The zero-order valence-electron chi connectivity index (χ0n) is 8.68. The van der Waals surface area contributed by atoms with Crippen molar-refractivity contribution in [1.29, 1.82) is 5.41 Å². The van der Waals surface area contributed by atoms with Crippen LogP contribution in [-0.4, -0.2) is 18.0 Å². The van der Waals surface area contributed by atoms with Crippen molar-refractivity contribution in [3.8, 4) is 0 Å². The molecule has 0 aromatic heterocycles. The Labute approximate surface area is 79.1 Å². The van der Waals surface area contributed by atoms with Gasteiger partial charge in [0.05, 0.1) is 6.04 Å². The molecule has 13 heavy (non-hydrogen) atoms. The molecule has 0 rings (SSSR count). The highest BCUT2D eigenvalue weighted by atomic mass is 15.2. The van der Waals surface area contributed by atoms with E-state index in [0.29, 0.717) is 0 Å². The highest BCUT2D eigenvalue weighted by Gasteiger charge is 2.19. The molecule has 6 N–H and O–H groups in total. The van der Waals surface area contributed by atoms with Crippen molar-refractivity contribution in [3.05, 3.63) is 0 Å². The van der Waals surface area contributed by atoms with E-state index in [-0.39, 0.29) is 23.4 Å². The number of nitrogens with zero attached hydrogens (tertiary/aromatic N) is 1. The van der Waals surface area contributed by atoms with E-state index in [1.54, 1.807) is 0 Å². The standard InChI is InChI=1S/C8H19N5/c1-5(8(2,3)4)12-7(11)13-6(9)10/h5H,1-4H3,(H6,9,10,11,12,13). The van der Waals surface area contributed by atoms with Gasteiger partial charge in [-0.3, -0.25) is 10.7 Å². The third-order valence-corrected chi connectivity index (χ3v) is 1.85. The molecule has 5 nitrogen and oxygen atoms in total. The Morgan fingerprint density at radius 3 is 2.15 bits per heavy atom. The van der Waals surface area contributed by atoms with E-state index in [4.69, 9.17) is 16.9 Å². The summed E-state index contributed by atoms with van der Waals surface area (Å²) in [5, 5.41) is 9.37. The van der Waals surface area contributed by atoms with Gasteiger partial charge in [-0.25, -0.2) is 4.99 Å². The molecular weight excluding hydrogens is 166 g/mol. The molecule has 0 aromatic carbocycles. The summed E-state index contributed by atoms with van der Waals surface area (Å²) in [4.78, 5) is 4.15. The predicted molar refractivity (Wildman–Crippen MR) is 55.6 cm³/mol. The van der Waals surface area contributed by atoms with Crippen LogP contribution in [0.25, 0.3) is 0 Å². The van der Waals surface area contributed by atoms with Gasteiger partial charge in [0.15, 0.2) is 11.9 Å². The summed E-state index contributed by atoms with van der Waals surface area (Å²) in [6.45, 7) is 8.18. The predicted octanol–water partition coefficient (Wildman–Crippen LogP) is 0.219. The van der Waals surface area contributed by atoms with E-state index in [2.05, 4.69) is 31.1 Å². The second kappa shape index (κ2) is 4.11. The van der Waals surface area contributed by atoms with Crippen molar-refractivity contribution in [2.45, 2.75) is 33.7 Å². The van der Waals surface area contributed by atoms with Gasteiger partial charge < -0.3 is 11.5 Å². The summed E-state index contributed by atoms with van der Waals surface area (Å²) >= 11 is 0. The number of hydrogen-bond acceptors (Lipinski definition) is 2. The molecule has 0 fully saturated rings. The lowest BCUT2D eigenvalue weighted by molar-refractivity contribution is 0.341. The van der Waals surface area contributed by atoms with E-state index in [1.807, 2.05) is 6.92 Å². The Morgan fingerprint density at radius 2 is 1.85 bits per heavy atom. The number of guanidine groups is 2. The summed E-state index contributed by atoms with van der Waals surface area (Å²) in [7, 11) is 0. The highest BCUT2D eigenvalue weighted by Crippen LogP contribution is 2.21. The fourth-order valence-electron chi connectivity index (χ4n) is 0.573. The Balaban J connectivity index is 4.30. The van der Waals surface area contributed by atoms with Gasteiger partial charge in [-0.1, -0.05) is 20.8 Å². The Kier molecular flexibility index (Phi) is 3.71. The SMILES string of the molecule is CC(N=C(N)NC(=N)N)C(C)(C)C. The zero-order valence-corrected chi connectivity index (χ0v) is 8.68. The summed E-state index contributed by atoms with van der Waals surface area (Å²) in [5.74, 6) is -0.00251. The van der Waals surface area contributed by atoms with Crippen molar-refractivity contribution >= 4 is 11.9 Å². The minimum atomic E-state index is -0.192. The van der Waals surface area contributed by atoms with Crippen LogP contribution < -0.4 is 16.8 Å². The quantitative estimate of drug-likeness (QED) is 0.347. The lowest BCUT2D eigenvalue weighted by Gasteiger charge is -2.23. The fourth-order valence-corrected chi connectivity index (χ4v) is 0.573. The van der Waals surface area contributed by atoms with Gasteiger partial charge in [0.1, 0.15) is 0 Å². The number of rotatable bonds is 1. The smallest absolute Gasteiger partial charge is 0.195 e. The minimum absolute atomic E-state index is 0.0586. The Hall–Kier alpha value is -1.26. The van der Waals surface area contributed by atoms with E-state index in [1.165, 1.54) is 0 Å². The van der Waals surface area contributed by atoms with Gasteiger partial charge in [0.2, 0.25) is 0 Å². The molecule has 0 amide bonds. The molecule has 0 aliphatic heterocycles. The monoisotopic (exact) mass is 185 g/mol. The third-order valence-electron chi connectivity index (χ3n) is 1.85. The molecule has 0 saturated heterocycles. The number of aliphatic imine (C=N–C) groups is 1. The zero-order chi connectivity index (χ0) is 10.6. The average molecular weight is 185 g/mol. The molecule has 1 unspecified atom stereocenters. The normalized spacial score (nSPS) is 15.2. The summed E-state index contributed by atoms with van der Waals surface area (Å²) in [5.41, 5.74) is 10.6. The van der Waals surface area contributed by atoms with Crippen LogP contribution in [0.4, 0.5) is 0 Å². The lowest BCUT2D eigenvalue weighted by atomic mass is 9.89. The van der Waals surface area contributed by atoms with Gasteiger partial charge in [0.25, 0.3) is 0 Å². The molecule has 5 heteroatoms. The first-order valence-corrected chi connectivity index (χ1v) is 4.18. The summed E-state index contributed by atoms with van der Waals surface area (Å²) in [6, 6.07) is 0.0827. The summed E-state index contributed by atoms with van der Waals surface area (Å²) < 4.78 is 0. The molecule has 0 radical (unpaired) electrons. The Morgan fingerprint density at radius 1 is 1.38 bits per heavy atom. The molecule has 0 aliphatic carbocycles. The van der Waals surface area contributed by atoms with Crippen molar-refractivity contribution in [3.63, 3.8) is 0 Å². The maximum absolute atomic E-state index is 6.93. The van der Waals surface area contributed by atoms with E-state index in [0.717, 1.165) is 0 Å². The third kappa shape index (κ3) is 5.05. The number of nitrogens with one attached hydrogen (secondary N) is 2. The van der Waals surface area contributed by atoms with Gasteiger partial charge >= 0.3 is 0 Å². The average Bonchev–Trinajstić information content (AvgIpc) is 1.82. The number of nitrogens with two attached hydrogens (primary N) is 2. The van der Waals surface area contributed by atoms with E-state index < -0.39 is 0 Å². The molecule has 0 aliphatic rings. The summed E-state index contributed by atoms with van der Waals surface area (Å²) in [6.07, 6.45) is 0. The highest BCUT2D eigenvalue weighted by molar-refractivity contribution is 5.95. The van der Waals surface area contributed by atoms with Crippen LogP contribution in [-0.2, 0) is 0 Å². The molecule has 0 saturated carbocycles. The maximum Gasteiger partial charge on any atom is 0.195 e. The number of hydrogen-bond donors (Lipinski definition) is 4. The van der Waals surface area contributed by atoms with Crippen molar-refractivity contribution in [2.75, 3.05) is 0 Å². The largest absolute Gasteiger partial charge is 0.370 e. The maximum atomic E-state index is 6.93. The topological polar surface area (TPSA) is 100 Å². The van der Waals surface area contributed by atoms with Gasteiger partial charge in [-0.2, -0.15) is 0 Å². The fraction of sp³-hybridized carbons (Fsp3) is 0.750. The minimum Gasteiger partial charge on any atom is -0.370 e. The van der Waals surface area contributed by atoms with Crippen molar-refractivity contribution < 1.29 is 0 Å². The molecule has 0 spiro atoms. The van der Waals surface area contributed by atoms with E-state index in [9.17, 15) is 0 Å². The molecule has 0 heterocycles. The lowest BCUT2D eigenvalue weighted by Crippen LogP contribution is -2.42. The molecular formula is C8H19N5. The van der Waals surface area contributed by atoms with Crippen LogP contribution in [0.3, 0.4) is 0 Å². The second-order valence-corrected chi connectivity index (χ2v) is 4.10. The van der Waals surface area contributed by atoms with Crippen LogP contribution in [0.15, 0.2) is 4.99 Å². The van der Waals surface area contributed by atoms with Crippen LogP contribution >= 0.6 is 0 Å².